The van der Waals surface area contributed by atoms with Gasteiger partial charge in [0.1, 0.15) is 6.61 Å². The third-order valence-corrected chi connectivity index (χ3v) is 3.69. The van der Waals surface area contributed by atoms with Crippen LogP contribution in [0.4, 0.5) is 0 Å². The van der Waals surface area contributed by atoms with Gasteiger partial charge < -0.3 is 4.74 Å². The molecule has 3 rings (SSSR count). The van der Waals surface area contributed by atoms with Crippen LogP contribution in [0, 0.1) is 0 Å². The van der Waals surface area contributed by atoms with Crippen LogP contribution in [0.5, 0.6) is 0 Å². The Balaban J connectivity index is 2.13. The topological polar surface area (TPSA) is 69.4 Å². The van der Waals surface area contributed by atoms with E-state index in [0.717, 1.165) is 0 Å². The molecule has 0 saturated heterocycles. The number of benzene rings is 1. The van der Waals surface area contributed by atoms with E-state index in [1.54, 1.807) is 24.3 Å². The predicted octanol–water partition coefficient (Wildman–Crippen LogP) is 3.45. The molecular formula is C15H12Cl2N4O2. The lowest BCUT2D eigenvalue weighted by molar-refractivity contribution is 0.111. The van der Waals surface area contributed by atoms with Gasteiger partial charge in [-0.25, -0.2) is 9.97 Å². The number of halogens is 2. The average Bonchev–Trinajstić information content (AvgIpc) is 2.94. The summed E-state index contributed by atoms with van der Waals surface area (Å²) in [6.07, 6.45) is 0.624. The second-order valence-corrected chi connectivity index (χ2v) is 5.52. The third kappa shape index (κ3) is 3.19. The van der Waals surface area contributed by atoms with E-state index in [1.165, 1.54) is 4.52 Å². The molecule has 0 unspecified atom stereocenters. The molecule has 2 heterocycles. The summed E-state index contributed by atoms with van der Waals surface area (Å²) in [6, 6.07) is 6.79. The molecule has 0 atom stereocenters. The van der Waals surface area contributed by atoms with Gasteiger partial charge in [0.2, 0.25) is 0 Å². The first-order valence-corrected chi connectivity index (χ1v) is 7.63. The standard InChI is InChI=1S/C15H12Cl2N4O2/c1-2-23-8-13-19-14-6-12(18-15(7-22)21(14)20-13)10-4-3-9(16)5-11(10)17/h3-7H,2,8H2,1H3. The Morgan fingerprint density at radius 2 is 2.09 bits per heavy atom. The lowest BCUT2D eigenvalue weighted by Crippen LogP contribution is -2.03. The molecule has 0 saturated carbocycles. The molecule has 2 aromatic heterocycles. The van der Waals surface area contributed by atoms with E-state index in [0.29, 0.717) is 45.7 Å². The highest BCUT2D eigenvalue weighted by molar-refractivity contribution is 6.36. The van der Waals surface area contributed by atoms with Crippen molar-refractivity contribution >= 4 is 35.1 Å². The summed E-state index contributed by atoms with van der Waals surface area (Å²) in [5.41, 5.74) is 1.69. The molecule has 0 spiro atoms. The first-order valence-electron chi connectivity index (χ1n) is 6.87. The third-order valence-electron chi connectivity index (χ3n) is 3.14. The van der Waals surface area contributed by atoms with Gasteiger partial charge in [-0.2, -0.15) is 4.52 Å². The zero-order chi connectivity index (χ0) is 16.4. The molecule has 1 aromatic carbocycles. The normalized spacial score (nSPS) is 11.1. The summed E-state index contributed by atoms with van der Waals surface area (Å²) < 4.78 is 6.67. The largest absolute Gasteiger partial charge is 0.374 e. The maximum absolute atomic E-state index is 11.3. The lowest BCUT2D eigenvalue weighted by Gasteiger charge is -2.05. The van der Waals surface area contributed by atoms with E-state index in [9.17, 15) is 4.79 Å². The van der Waals surface area contributed by atoms with E-state index in [4.69, 9.17) is 27.9 Å². The minimum Gasteiger partial charge on any atom is -0.374 e. The van der Waals surface area contributed by atoms with Crippen molar-refractivity contribution in [1.82, 2.24) is 19.6 Å². The van der Waals surface area contributed by atoms with Crippen LogP contribution < -0.4 is 0 Å². The van der Waals surface area contributed by atoms with Crippen LogP contribution >= 0.6 is 23.2 Å². The van der Waals surface area contributed by atoms with E-state index in [1.807, 2.05) is 6.92 Å². The summed E-state index contributed by atoms with van der Waals surface area (Å²) in [6.45, 7) is 2.71. The fraction of sp³-hybridized carbons (Fsp3) is 0.200. The van der Waals surface area contributed by atoms with Crippen molar-refractivity contribution in [2.75, 3.05) is 6.61 Å². The molecule has 6 nitrogen and oxygen atoms in total. The minimum atomic E-state index is 0.138. The smallest absolute Gasteiger partial charge is 0.196 e. The summed E-state index contributed by atoms with van der Waals surface area (Å²) in [5, 5.41) is 5.19. The lowest BCUT2D eigenvalue weighted by atomic mass is 10.1. The second kappa shape index (κ2) is 6.62. The van der Waals surface area contributed by atoms with Crippen molar-refractivity contribution in [2.45, 2.75) is 13.5 Å². The number of fused-ring (bicyclic) bond motifs is 1. The fourth-order valence-corrected chi connectivity index (χ4v) is 2.63. The van der Waals surface area contributed by atoms with Gasteiger partial charge in [0.05, 0.1) is 10.7 Å². The number of nitrogens with zero attached hydrogens (tertiary/aromatic N) is 4. The highest BCUT2D eigenvalue weighted by atomic mass is 35.5. The molecule has 0 bridgehead atoms. The number of rotatable bonds is 5. The zero-order valence-corrected chi connectivity index (χ0v) is 13.7. The molecule has 118 valence electrons. The molecule has 0 radical (unpaired) electrons. The summed E-state index contributed by atoms with van der Waals surface area (Å²) in [5.74, 6) is 0.620. The SMILES string of the molecule is CCOCc1nc2cc(-c3ccc(Cl)cc3Cl)nc(C=O)n2n1. The van der Waals surface area contributed by atoms with E-state index >= 15 is 0 Å². The van der Waals surface area contributed by atoms with Crippen molar-refractivity contribution in [3.8, 4) is 11.3 Å². The van der Waals surface area contributed by atoms with Gasteiger partial charge in [-0.15, -0.1) is 5.10 Å². The van der Waals surface area contributed by atoms with Crippen LogP contribution in [0.3, 0.4) is 0 Å². The molecule has 23 heavy (non-hydrogen) atoms. The number of ether oxygens (including phenoxy) is 1. The van der Waals surface area contributed by atoms with Gasteiger partial charge >= 0.3 is 0 Å². The van der Waals surface area contributed by atoms with Crippen molar-refractivity contribution in [2.24, 2.45) is 0 Å². The number of carbonyl (C=O) groups is 1. The van der Waals surface area contributed by atoms with Gasteiger partial charge in [-0.1, -0.05) is 23.2 Å². The molecular weight excluding hydrogens is 339 g/mol. The van der Waals surface area contributed by atoms with Crippen molar-refractivity contribution in [3.63, 3.8) is 0 Å². The molecule has 0 aliphatic heterocycles. The molecule has 0 N–H and O–H groups in total. The number of aldehydes is 1. The molecule has 0 aliphatic rings. The molecule has 8 heteroatoms. The quantitative estimate of drug-likeness (QED) is 0.659. The van der Waals surface area contributed by atoms with Crippen LogP contribution in [0.25, 0.3) is 16.9 Å². The Kier molecular flexibility index (Phi) is 4.56. The van der Waals surface area contributed by atoms with Crippen LogP contribution in [-0.4, -0.2) is 32.5 Å². The zero-order valence-electron chi connectivity index (χ0n) is 12.2. The van der Waals surface area contributed by atoms with E-state index in [2.05, 4.69) is 15.1 Å². The fourth-order valence-electron chi connectivity index (χ4n) is 2.12. The van der Waals surface area contributed by atoms with Gasteiger partial charge in [-0.3, -0.25) is 4.79 Å². The molecule has 3 aromatic rings. The monoisotopic (exact) mass is 350 g/mol. The van der Waals surface area contributed by atoms with Gasteiger partial charge in [0.15, 0.2) is 23.6 Å². The Morgan fingerprint density at radius 1 is 1.26 bits per heavy atom. The van der Waals surface area contributed by atoms with Gasteiger partial charge in [0.25, 0.3) is 0 Å². The average molecular weight is 351 g/mol. The maximum atomic E-state index is 11.3. The summed E-state index contributed by atoms with van der Waals surface area (Å²) >= 11 is 12.1. The number of aromatic nitrogens is 4. The highest BCUT2D eigenvalue weighted by Gasteiger charge is 2.13. The predicted molar refractivity (Wildman–Crippen MR) is 87.0 cm³/mol. The van der Waals surface area contributed by atoms with Crippen LogP contribution in [0.15, 0.2) is 24.3 Å². The Bertz CT molecular complexity index is 879. The van der Waals surface area contributed by atoms with Crippen molar-refractivity contribution in [3.05, 3.63) is 46.0 Å². The van der Waals surface area contributed by atoms with Gasteiger partial charge in [-0.05, 0) is 25.1 Å². The molecule has 0 amide bonds. The Morgan fingerprint density at radius 3 is 2.78 bits per heavy atom. The Labute approximate surface area is 142 Å². The highest BCUT2D eigenvalue weighted by Crippen LogP contribution is 2.29. The number of hydrogen-bond donors (Lipinski definition) is 0. The maximum Gasteiger partial charge on any atom is 0.196 e. The van der Waals surface area contributed by atoms with Crippen LogP contribution in [0.2, 0.25) is 10.0 Å². The van der Waals surface area contributed by atoms with E-state index < -0.39 is 0 Å². The minimum absolute atomic E-state index is 0.138. The Hall–Kier alpha value is -2.02. The first-order chi connectivity index (χ1) is 11.1. The van der Waals surface area contributed by atoms with Crippen LogP contribution in [0.1, 0.15) is 23.4 Å². The second-order valence-electron chi connectivity index (χ2n) is 4.68. The van der Waals surface area contributed by atoms with Crippen molar-refractivity contribution in [1.29, 1.82) is 0 Å². The van der Waals surface area contributed by atoms with Gasteiger partial charge in [0, 0.05) is 23.3 Å². The van der Waals surface area contributed by atoms with Crippen molar-refractivity contribution < 1.29 is 9.53 Å². The molecule has 0 fully saturated rings. The van der Waals surface area contributed by atoms with Crippen LogP contribution in [-0.2, 0) is 11.3 Å². The molecule has 0 aliphatic carbocycles. The first kappa shape index (κ1) is 15.9. The number of carbonyl (C=O) groups excluding carboxylic acids is 1. The summed E-state index contributed by atoms with van der Waals surface area (Å²) in [7, 11) is 0. The number of hydrogen-bond acceptors (Lipinski definition) is 5. The summed E-state index contributed by atoms with van der Waals surface area (Å²) in [4.78, 5) is 20.0. The van der Waals surface area contributed by atoms with E-state index in [-0.39, 0.29) is 12.4 Å².